The Labute approximate surface area is 247 Å². The maximum atomic E-state index is 13.5. The number of nitrogens with one attached hydrogen (secondary N) is 3. The van der Waals surface area contributed by atoms with Gasteiger partial charge < -0.3 is 30.7 Å². The van der Waals surface area contributed by atoms with Gasteiger partial charge in [0.05, 0.1) is 40.3 Å². The molecule has 0 bridgehead atoms. The molecule has 1 aromatic carbocycles. The van der Waals surface area contributed by atoms with Crippen LogP contribution in [0.25, 0.3) is 11.3 Å². The first-order chi connectivity index (χ1) is 19.8. The van der Waals surface area contributed by atoms with Crippen LogP contribution < -0.4 is 16.0 Å². The third-order valence-electron chi connectivity index (χ3n) is 7.32. The molecule has 0 spiro atoms. The molecule has 0 radical (unpaired) electrons. The molecule has 0 aliphatic carbocycles. The number of amides is 2. The monoisotopic (exact) mass is 599 g/mol. The SMILES string of the molecule is CNc1ccc(Cl)c([C@@H](CO)NC(=O)[C@@H](C)N2Cc3ccc(-c4nc(NC5CCOCC5)ncc4Cl)cc3C2=O)n1. The summed E-state index contributed by atoms with van der Waals surface area (Å²) in [7, 11) is 1.71. The highest BCUT2D eigenvalue weighted by Gasteiger charge is 2.35. The van der Waals surface area contributed by atoms with Crippen molar-refractivity contribution in [2.75, 3.05) is 37.5 Å². The summed E-state index contributed by atoms with van der Waals surface area (Å²) in [6, 6.07) is 7.33. The number of anilines is 2. The predicted octanol–water partition coefficient (Wildman–Crippen LogP) is 3.67. The molecule has 1 saturated heterocycles. The van der Waals surface area contributed by atoms with Gasteiger partial charge in [-0.15, -0.1) is 0 Å². The third-order valence-corrected chi connectivity index (χ3v) is 7.92. The van der Waals surface area contributed by atoms with Crippen molar-refractivity contribution < 1.29 is 19.4 Å². The van der Waals surface area contributed by atoms with E-state index < -0.39 is 24.6 Å². The van der Waals surface area contributed by atoms with Gasteiger partial charge in [-0.1, -0.05) is 35.3 Å². The molecule has 4 heterocycles. The number of aliphatic hydroxyl groups excluding tert-OH is 1. The number of hydrogen-bond acceptors (Lipinski definition) is 9. The number of hydrogen-bond donors (Lipinski definition) is 4. The van der Waals surface area contributed by atoms with Crippen LogP contribution in [-0.4, -0.2) is 75.7 Å². The summed E-state index contributed by atoms with van der Waals surface area (Å²) >= 11 is 12.8. The van der Waals surface area contributed by atoms with Gasteiger partial charge >= 0.3 is 0 Å². The first kappa shape index (κ1) is 29.0. The zero-order valence-electron chi connectivity index (χ0n) is 22.7. The predicted molar refractivity (Wildman–Crippen MR) is 156 cm³/mol. The Morgan fingerprint density at radius 2 is 1.95 bits per heavy atom. The molecule has 2 atom stereocenters. The summed E-state index contributed by atoms with van der Waals surface area (Å²) in [6.07, 6.45) is 3.27. The lowest BCUT2D eigenvalue weighted by atomic mass is 10.0. The van der Waals surface area contributed by atoms with Crippen molar-refractivity contribution in [3.8, 4) is 11.3 Å². The van der Waals surface area contributed by atoms with Crippen molar-refractivity contribution in [1.82, 2.24) is 25.2 Å². The number of carbonyl (C=O) groups excluding carboxylic acids is 2. The van der Waals surface area contributed by atoms with Crippen molar-refractivity contribution >= 4 is 46.8 Å². The van der Waals surface area contributed by atoms with Gasteiger partial charge in [0.1, 0.15) is 11.9 Å². The van der Waals surface area contributed by atoms with Crippen LogP contribution in [0.4, 0.5) is 11.8 Å². The summed E-state index contributed by atoms with van der Waals surface area (Å²) in [5.74, 6) is 0.273. The van der Waals surface area contributed by atoms with E-state index in [-0.39, 0.29) is 18.5 Å². The van der Waals surface area contributed by atoms with E-state index in [2.05, 4.69) is 30.9 Å². The van der Waals surface area contributed by atoms with Crippen molar-refractivity contribution in [2.24, 2.45) is 0 Å². The minimum Gasteiger partial charge on any atom is -0.394 e. The summed E-state index contributed by atoms with van der Waals surface area (Å²) in [5.41, 5.74) is 2.77. The van der Waals surface area contributed by atoms with Crippen LogP contribution in [0.2, 0.25) is 10.0 Å². The van der Waals surface area contributed by atoms with Crippen molar-refractivity contribution in [2.45, 2.75) is 44.4 Å². The first-order valence-electron chi connectivity index (χ1n) is 13.4. The van der Waals surface area contributed by atoms with Crippen LogP contribution in [-0.2, 0) is 16.1 Å². The van der Waals surface area contributed by atoms with Crippen LogP contribution in [0.5, 0.6) is 0 Å². The maximum Gasteiger partial charge on any atom is 0.255 e. The number of benzene rings is 1. The summed E-state index contributed by atoms with van der Waals surface area (Å²) < 4.78 is 5.42. The number of fused-ring (bicyclic) bond motifs is 1. The Morgan fingerprint density at radius 1 is 1.17 bits per heavy atom. The molecule has 13 heteroatoms. The highest BCUT2D eigenvalue weighted by Crippen LogP contribution is 2.33. The molecule has 41 heavy (non-hydrogen) atoms. The van der Waals surface area contributed by atoms with Gasteiger partial charge in [-0.25, -0.2) is 15.0 Å². The van der Waals surface area contributed by atoms with E-state index in [1.807, 2.05) is 12.1 Å². The van der Waals surface area contributed by atoms with Crippen LogP contribution >= 0.6 is 23.2 Å². The Kier molecular flexibility index (Phi) is 8.88. The normalized spacial score (nSPS) is 16.7. The molecular weight excluding hydrogens is 569 g/mol. The number of carbonyl (C=O) groups is 2. The highest BCUT2D eigenvalue weighted by molar-refractivity contribution is 6.33. The average molecular weight is 601 g/mol. The average Bonchev–Trinajstić information content (AvgIpc) is 3.32. The molecule has 5 rings (SSSR count). The van der Waals surface area contributed by atoms with E-state index >= 15 is 0 Å². The summed E-state index contributed by atoms with van der Waals surface area (Å²) in [6.45, 7) is 2.86. The zero-order chi connectivity index (χ0) is 29.1. The number of rotatable bonds is 9. The minimum atomic E-state index is -0.846. The Balaban J connectivity index is 1.31. The topological polar surface area (TPSA) is 142 Å². The van der Waals surface area contributed by atoms with Crippen molar-refractivity contribution in [3.05, 3.63) is 63.4 Å². The second kappa shape index (κ2) is 12.6. The number of ether oxygens (including phenoxy) is 1. The first-order valence-corrected chi connectivity index (χ1v) is 14.1. The largest absolute Gasteiger partial charge is 0.394 e. The molecule has 11 nitrogen and oxygen atoms in total. The standard InChI is InChI=1S/C28H31Cl2N7O4/c1-15(26(39)34-22(14-38)25-20(29)5-6-23(31-2)35-25)37-13-17-4-3-16(11-19(17)27(37)40)24-21(30)12-32-28(36-24)33-18-7-9-41-10-8-18/h3-6,11-12,15,18,22,38H,7-10,13-14H2,1-2H3,(H,31,35)(H,34,39)(H,32,33,36)/t15-,22-/m1/s1. The fraction of sp³-hybridized carbons (Fsp3) is 0.393. The molecule has 2 amide bonds. The molecule has 0 unspecified atom stereocenters. The molecule has 0 saturated carbocycles. The highest BCUT2D eigenvalue weighted by atomic mass is 35.5. The fourth-order valence-electron chi connectivity index (χ4n) is 4.92. The van der Waals surface area contributed by atoms with Gasteiger partial charge in [-0.2, -0.15) is 0 Å². The second-order valence-corrected chi connectivity index (χ2v) is 10.8. The number of aliphatic hydroxyl groups is 1. The van der Waals surface area contributed by atoms with Gasteiger partial charge in [-0.05, 0) is 43.5 Å². The lowest BCUT2D eigenvalue weighted by molar-refractivity contribution is -0.126. The number of aromatic nitrogens is 3. The fourth-order valence-corrected chi connectivity index (χ4v) is 5.36. The number of halogens is 2. The van der Waals surface area contributed by atoms with Gasteiger partial charge in [0, 0.05) is 44.0 Å². The van der Waals surface area contributed by atoms with Crippen molar-refractivity contribution in [1.29, 1.82) is 0 Å². The minimum absolute atomic E-state index is 0.213. The summed E-state index contributed by atoms with van der Waals surface area (Å²) in [4.78, 5) is 41.5. The van der Waals surface area contributed by atoms with E-state index in [1.165, 1.54) is 4.90 Å². The summed E-state index contributed by atoms with van der Waals surface area (Å²) in [5, 5.41) is 19.7. The van der Waals surface area contributed by atoms with Crippen LogP contribution in [0.3, 0.4) is 0 Å². The van der Waals surface area contributed by atoms with E-state index in [0.717, 1.165) is 18.4 Å². The van der Waals surface area contributed by atoms with Gasteiger partial charge in [0.2, 0.25) is 11.9 Å². The van der Waals surface area contributed by atoms with Gasteiger partial charge in [0.25, 0.3) is 5.91 Å². The van der Waals surface area contributed by atoms with Gasteiger partial charge in [-0.3, -0.25) is 9.59 Å². The van der Waals surface area contributed by atoms with E-state index in [9.17, 15) is 14.7 Å². The Hall–Kier alpha value is -3.51. The molecule has 4 N–H and O–H groups in total. The molecule has 216 valence electrons. The molecule has 2 aliphatic rings. The number of pyridine rings is 1. The van der Waals surface area contributed by atoms with Crippen LogP contribution in [0.15, 0.2) is 36.5 Å². The van der Waals surface area contributed by atoms with E-state index in [4.69, 9.17) is 27.9 Å². The van der Waals surface area contributed by atoms with E-state index in [0.29, 0.717) is 57.5 Å². The Bertz CT molecular complexity index is 1450. The lowest BCUT2D eigenvalue weighted by Crippen LogP contribution is -2.47. The quantitative estimate of drug-likeness (QED) is 0.290. The smallest absolute Gasteiger partial charge is 0.255 e. The molecular formula is C28H31Cl2N7O4. The second-order valence-electron chi connectivity index (χ2n) is 9.96. The zero-order valence-corrected chi connectivity index (χ0v) is 24.2. The van der Waals surface area contributed by atoms with E-state index in [1.54, 1.807) is 38.4 Å². The number of nitrogens with zero attached hydrogens (tertiary/aromatic N) is 4. The molecule has 3 aromatic rings. The molecule has 2 aromatic heterocycles. The lowest BCUT2D eigenvalue weighted by Gasteiger charge is -2.26. The van der Waals surface area contributed by atoms with Gasteiger partial charge in [0.15, 0.2) is 0 Å². The molecule has 1 fully saturated rings. The third kappa shape index (κ3) is 6.23. The van der Waals surface area contributed by atoms with Crippen LogP contribution in [0, 0.1) is 0 Å². The van der Waals surface area contributed by atoms with Crippen molar-refractivity contribution in [3.63, 3.8) is 0 Å². The van der Waals surface area contributed by atoms with Crippen LogP contribution in [0.1, 0.15) is 47.4 Å². The molecule has 2 aliphatic heterocycles. The Morgan fingerprint density at radius 3 is 2.68 bits per heavy atom. The maximum absolute atomic E-state index is 13.5.